The zero-order valence-corrected chi connectivity index (χ0v) is 10.8. The van der Waals surface area contributed by atoms with Gasteiger partial charge in [0.25, 0.3) is 0 Å². The van der Waals surface area contributed by atoms with Crippen LogP contribution in [0.15, 0.2) is 35.0 Å². The molecule has 0 aliphatic heterocycles. The van der Waals surface area contributed by atoms with Crippen LogP contribution in [0.5, 0.6) is 0 Å². The van der Waals surface area contributed by atoms with Crippen LogP contribution in [-0.2, 0) is 11.5 Å². The molecule has 0 nitrogen and oxygen atoms in total. The monoisotopic (exact) mass is 258 g/mol. The molecule has 4 heteroatoms. The zero-order chi connectivity index (χ0) is 9.64. The van der Waals surface area contributed by atoms with E-state index in [9.17, 15) is 0 Å². The molecule has 0 fully saturated rings. The Labute approximate surface area is 100 Å². The van der Waals surface area contributed by atoms with Gasteiger partial charge in [0, 0.05) is 21.3 Å². The number of hydrogen-bond acceptors (Lipinski definition) is 4. The Balaban J connectivity index is 1.65. The summed E-state index contributed by atoms with van der Waals surface area (Å²) >= 11 is 3.68. The van der Waals surface area contributed by atoms with Gasteiger partial charge in [0.05, 0.1) is 0 Å². The highest BCUT2D eigenvalue weighted by Gasteiger charge is 1.97. The second-order valence-corrected chi connectivity index (χ2v) is 7.21. The summed E-state index contributed by atoms with van der Waals surface area (Å²) < 4.78 is 0. The van der Waals surface area contributed by atoms with Crippen molar-refractivity contribution in [1.29, 1.82) is 0 Å². The van der Waals surface area contributed by atoms with Crippen LogP contribution < -0.4 is 0 Å². The van der Waals surface area contributed by atoms with Crippen molar-refractivity contribution in [2.45, 2.75) is 11.5 Å². The molecular weight excluding hydrogens is 248 g/mol. The fraction of sp³-hybridized carbons (Fsp3) is 0.200. The van der Waals surface area contributed by atoms with Crippen molar-refractivity contribution in [3.05, 3.63) is 44.8 Å². The molecule has 14 heavy (non-hydrogen) atoms. The van der Waals surface area contributed by atoms with E-state index in [1.807, 2.05) is 44.3 Å². The first-order valence-corrected chi connectivity index (χ1v) is 8.49. The highest BCUT2D eigenvalue weighted by atomic mass is 33.1. The quantitative estimate of drug-likeness (QED) is 0.553. The van der Waals surface area contributed by atoms with E-state index < -0.39 is 0 Å². The molecule has 0 atom stereocenters. The minimum absolute atomic E-state index is 1.13. The van der Waals surface area contributed by atoms with E-state index in [1.54, 1.807) is 0 Å². The van der Waals surface area contributed by atoms with Gasteiger partial charge in [0.1, 0.15) is 0 Å². The summed E-state index contributed by atoms with van der Waals surface area (Å²) in [7, 11) is 3.89. The molecule has 2 rings (SSSR count). The van der Waals surface area contributed by atoms with E-state index in [-0.39, 0.29) is 0 Å². The van der Waals surface area contributed by atoms with E-state index in [0.29, 0.717) is 0 Å². The summed E-state index contributed by atoms with van der Waals surface area (Å²) in [4.78, 5) is 2.93. The molecule has 2 aromatic heterocycles. The van der Waals surface area contributed by atoms with Crippen LogP contribution in [-0.4, -0.2) is 0 Å². The lowest BCUT2D eigenvalue weighted by molar-refractivity contribution is 1.55. The van der Waals surface area contributed by atoms with Crippen LogP contribution in [0.4, 0.5) is 0 Å². The SMILES string of the molecule is c1csc(CSSCc2cccs2)c1. The van der Waals surface area contributed by atoms with Gasteiger partial charge in [-0.05, 0) is 22.9 Å². The Hall–Kier alpha value is 0.1000. The van der Waals surface area contributed by atoms with Gasteiger partial charge in [-0.3, -0.25) is 0 Å². The average Bonchev–Trinajstić information content (AvgIpc) is 2.86. The molecule has 2 aromatic rings. The Kier molecular flexibility index (Phi) is 4.44. The summed E-state index contributed by atoms with van der Waals surface area (Å²) in [5, 5.41) is 4.28. The van der Waals surface area contributed by atoms with Crippen LogP contribution in [0.3, 0.4) is 0 Å². The maximum atomic E-state index is 2.20. The Morgan fingerprint density at radius 2 is 1.36 bits per heavy atom. The fourth-order valence-electron chi connectivity index (χ4n) is 0.989. The number of thiophene rings is 2. The van der Waals surface area contributed by atoms with Gasteiger partial charge in [0.2, 0.25) is 0 Å². The number of rotatable bonds is 5. The van der Waals surface area contributed by atoms with E-state index in [0.717, 1.165) is 11.5 Å². The van der Waals surface area contributed by atoms with Crippen molar-refractivity contribution in [2.75, 3.05) is 0 Å². The van der Waals surface area contributed by atoms with Crippen molar-refractivity contribution in [1.82, 2.24) is 0 Å². The summed E-state index contributed by atoms with van der Waals surface area (Å²) in [5.41, 5.74) is 0. The Morgan fingerprint density at radius 1 is 0.857 bits per heavy atom. The molecule has 0 saturated carbocycles. The lowest BCUT2D eigenvalue weighted by atomic mass is 10.5. The standard InChI is InChI=1S/C10H10S4/c1-3-9(11-5-1)7-13-14-8-10-4-2-6-12-10/h1-6H,7-8H2. The van der Waals surface area contributed by atoms with E-state index in [1.165, 1.54) is 9.75 Å². The molecule has 0 bridgehead atoms. The van der Waals surface area contributed by atoms with Crippen LogP contribution in [0.1, 0.15) is 9.75 Å². The molecule has 2 heterocycles. The van der Waals surface area contributed by atoms with Gasteiger partial charge < -0.3 is 0 Å². The Bertz CT molecular complexity index is 300. The molecule has 0 N–H and O–H groups in total. The topological polar surface area (TPSA) is 0 Å². The lowest BCUT2D eigenvalue weighted by Gasteiger charge is -1.96. The third kappa shape index (κ3) is 3.35. The minimum atomic E-state index is 1.13. The molecule has 74 valence electrons. The normalized spacial score (nSPS) is 10.6. The van der Waals surface area contributed by atoms with E-state index in [4.69, 9.17) is 0 Å². The Morgan fingerprint density at radius 3 is 1.71 bits per heavy atom. The second-order valence-electron chi connectivity index (χ2n) is 2.68. The molecule has 0 amide bonds. The molecule has 0 aliphatic carbocycles. The smallest absolute Gasteiger partial charge is 0.0383 e. The van der Waals surface area contributed by atoms with Crippen molar-refractivity contribution in [2.24, 2.45) is 0 Å². The summed E-state index contributed by atoms with van der Waals surface area (Å²) in [5.74, 6) is 2.27. The fourth-order valence-corrected chi connectivity index (χ4v) is 5.17. The molecule has 0 aromatic carbocycles. The van der Waals surface area contributed by atoms with E-state index in [2.05, 4.69) is 35.0 Å². The van der Waals surface area contributed by atoms with Crippen molar-refractivity contribution >= 4 is 44.3 Å². The largest absolute Gasteiger partial charge is 0.148 e. The molecule has 0 saturated heterocycles. The zero-order valence-electron chi connectivity index (χ0n) is 7.51. The average molecular weight is 258 g/mol. The summed E-state index contributed by atoms with van der Waals surface area (Å²) in [6, 6.07) is 8.63. The van der Waals surface area contributed by atoms with Gasteiger partial charge in [-0.2, -0.15) is 0 Å². The molecular formula is C10H10S4. The third-order valence-electron chi connectivity index (χ3n) is 1.65. The summed E-state index contributed by atoms with van der Waals surface area (Å²) in [6.07, 6.45) is 0. The summed E-state index contributed by atoms with van der Waals surface area (Å²) in [6.45, 7) is 0. The first-order valence-electron chi connectivity index (χ1n) is 4.24. The van der Waals surface area contributed by atoms with Crippen LogP contribution in [0, 0.1) is 0 Å². The first kappa shape index (κ1) is 10.6. The molecule has 0 spiro atoms. The molecule has 0 radical (unpaired) electrons. The van der Waals surface area contributed by atoms with Gasteiger partial charge in [-0.1, -0.05) is 33.7 Å². The third-order valence-corrected chi connectivity index (χ3v) is 6.00. The number of hydrogen-bond donors (Lipinski definition) is 0. The van der Waals surface area contributed by atoms with Gasteiger partial charge in [-0.15, -0.1) is 22.7 Å². The predicted molar refractivity (Wildman–Crippen MR) is 71.2 cm³/mol. The van der Waals surface area contributed by atoms with Gasteiger partial charge in [-0.25, -0.2) is 0 Å². The van der Waals surface area contributed by atoms with Gasteiger partial charge in [0.15, 0.2) is 0 Å². The highest BCUT2D eigenvalue weighted by molar-refractivity contribution is 8.76. The van der Waals surface area contributed by atoms with E-state index >= 15 is 0 Å². The van der Waals surface area contributed by atoms with Crippen molar-refractivity contribution in [3.63, 3.8) is 0 Å². The van der Waals surface area contributed by atoms with Crippen molar-refractivity contribution in [3.8, 4) is 0 Å². The molecule has 0 aliphatic rings. The van der Waals surface area contributed by atoms with Crippen molar-refractivity contribution < 1.29 is 0 Å². The maximum absolute atomic E-state index is 2.20. The highest BCUT2D eigenvalue weighted by Crippen LogP contribution is 2.31. The lowest BCUT2D eigenvalue weighted by Crippen LogP contribution is -1.70. The maximum Gasteiger partial charge on any atom is 0.0383 e. The molecule has 0 unspecified atom stereocenters. The minimum Gasteiger partial charge on any atom is -0.148 e. The first-order chi connectivity index (χ1) is 6.95. The van der Waals surface area contributed by atoms with Crippen LogP contribution in [0.25, 0.3) is 0 Å². The second kappa shape index (κ2) is 5.85. The van der Waals surface area contributed by atoms with Gasteiger partial charge >= 0.3 is 0 Å². The van der Waals surface area contributed by atoms with Crippen LogP contribution >= 0.6 is 44.3 Å². The van der Waals surface area contributed by atoms with Crippen LogP contribution in [0.2, 0.25) is 0 Å². The predicted octanol–water partition coefficient (Wildman–Crippen LogP) is 4.89.